The number of hydrogen-bond donors (Lipinski definition) is 1. The maximum absolute atomic E-state index is 10.2. The number of aliphatic imine (C=N–C) groups is 1. The number of dihydropyridines is 1. The van der Waals surface area contributed by atoms with Crippen LogP contribution in [-0.2, 0) is 17.8 Å². The highest BCUT2D eigenvalue weighted by Gasteiger charge is 2.36. The van der Waals surface area contributed by atoms with Gasteiger partial charge in [-0.25, -0.2) is 4.99 Å². The lowest BCUT2D eigenvalue weighted by Crippen LogP contribution is -2.36. The number of fused-ring (bicyclic) bond motifs is 6. The highest BCUT2D eigenvalue weighted by atomic mass is 16.5. The van der Waals surface area contributed by atoms with Crippen molar-refractivity contribution in [3.63, 3.8) is 0 Å². The van der Waals surface area contributed by atoms with Crippen LogP contribution in [0.25, 0.3) is 17.2 Å². The minimum atomic E-state index is -0.185. The third-order valence-electron chi connectivity index (χ3n) is 9.53. The van der Waals surface area contributed by atoms with Crippen molar-refractivity contribution < 1.29 is 9.84 Å². The molecule has 2 heterocycles. The second-order valence-electron chi connectivity index (χ2n) is 12.0. The van der Waals surface area contributed by atoms with Crippen LogP contribution in [0.3, 0.4) is 0 Å². The maximum Gasteiger partial charge on any atom is 0.163 e. The van der Waals surface area contributed by atoms with Crippen LogP contribution in [-0.4, -0.2) is 24.0 Å². The van der Waals surface area contributed by atoms with Gasteiger partial charge in [0.25, 0.3) is 0 Å². The van der Waals surface area contributed by atoms with Crippen molar-refractivity contribution in [1.82, 2.24) is 0 Å². The Kier molecular flexibility index (Phi) is 6.45. The van der Waals surface area contributed by atoms with Gasteiger partial charge in [-0.3, -0.25) is 4.99 Å². The molecule has 1 N–H and O–H groups in total. The fourth-order valence-electron chi connectivity index (χ4n) is 7.65. The number of ether oxygens (including phenoxy) is 1. The molecule has 2 aliphatic carbocycles. The summed E-state index contributed by atoms with van der Waals surface area (Å²) in [5, 5.41) is 17.5. The van der Waals surface area contributed by atoms with Gasteiger partial charge in [0, 0.05) is 23.3 Å². The Balaban J connectivity index is 1.35. The SMILES string of the molecule is CC1C=c2ccccc2=c2ccc3c(c21)CCC(CCO)C=3C1N=CC(OCc2ccccc2)=C2N=c3ccccc3=C21. The third-order valence-corrected chi connectivity index (χ3v) is 9.53. The van der Waals surface area contributed by atoms with E-state index >= 15 is 0 Å². The minimum Gasteiger partial charge on any atom is -0.485 e. The molecule has 0 saturated carbocycles. The fourth-order valence-corrected chi connectivity index (χ4v) is 7.65. The zero-order valence-corrected chi connectivity index (χ0v) is 24.3. The van der Waals surface area contributed by atoms with E-state index < -0.39 is 0 Å². The van der Waals surface area contributed by atoms with E-state index in [9.17, 15) is 5.11 Å². The molecule has 0 spiro atoms. The van der Waals surface area contributed by atoms with E-state index in [1.807, 2.05) is 30.5 Å². The number of benzene rings is 4. The largest absolute Gasteiger partial charge is 0.485 e. The zero-order valence-electron chi connectivity index (χ0n) is 24.3. The number of hydrogen-bond acceptors (Lipinski definition) is 4. The molecule has 0 fully saturated rings. The van der Waals surface area contributed by atoms with Gasteiger partial charge in [-0.15, -0.1) is 0 Å². The Morgan fingerprint density at radius 2 is 1.60 bits per heavy atom. The average molecular weight is 563 g/mol. The van der Waals surface area contributed by atoms with Crippen molar-refractivity contribution in [3.05, 3.63) is 151 Å². The van der Waals surface area contributed by atoms with Gasteiger partial charge in [0.2, 0.25) is 0 Å². The van der Waals surface area contributed by atoms with Gasteiger partial charge in [0.15, 0.2) is 5.76 Å². The lowest BCUT2D eigenvalue weighted by Gasteiger charge is -2.33. The summed E-state index contributed by atoms with van der Waals surface area (Å²) in [6.45, 7) is 2.95. The molecule has 4 aliphatic rings. The molecule has 4 aromatic carbocycles. The van der Waals surface area contributed by atoms with Crippen LogP contribution in [0.4, 0.5) is 0 Å². The van der Waals surface area contributed by atoms with Crippen LogP contribution < -0.4 is 21.0 Å². The van der Waals surface area contributed by atoms with Gasteiger partial charge in [0.1, 0.15) is 18.3 Å². The van der Waals surface area contributed by atoms with Gasteiger partial charge in [0.05, 0.1) is 11.6 Å². The average Bonchev–Trinajstić information content (AvgIpc) is 3.44. The molecular formula is C39H34N2O2. The molecule has 8 rings (SSSR count). The lowest BCUT2D eigenvalue weighted by atomic mass is 9.73. The number of aliphatic hydroxyl groups excluding tert-OH is 1. The van der Waals surface area contributed by atoms with Crippen molar-refractivity contribution in [3.8, 4) is 0 Å². The number of nitrogens with zero attached hydrogens (tertiary/aromatic N) is 2. The zero-order chi connectivity index (χ0) is 28.9. The summed E-state index contributed by atoms with van der Waals surface area (Å²) in [6, 6.07) is 31.8. The molecule has 3 unspecified atom stereocenters. The Morgan fingerprint density at radius 1 is 0.837 bits per heavy atom. The monoisotopic (exact) mass is 562 g/mol. The van der Waals surface area contributed by atoms with E-state index in [2.05, 4.69) is 79.7 Å². The summed E-state index contributed by atoms with van der Waals surface area (Å²) in [5.41, 5.74) is 7.31. The molecule has 0 amide bonds. The van der Waals surface area contributed by atoms with Crippen molar-refractivity contribution >= 4 is 23.4 Å². The second-order valence-corrected chi connectivity index (χ2v) is 12.0. The highest BCUT2D eigenvalue weighted by Crippen LogP contribution is 2.40. The first-order valence-electron chi connectivity index (χ1n) is 15.4. The van der Waals surface area contributed by atoms with Crippen LogP contribution in [0.2, 0.25) is 0 Å². The number of para-hydroxylation sites is 1. The molecule has 43 heavy (non-hydrogen) atoms. The van der Waals surface area contributed by atoms with E-state index in [1.165, 1.54) is 37.6 Å². The standard InChI is InChI=1S/C39H34N2O2/c1-24-21-27-11-5-6-12-28(27)29-17-18-31-30(35(24)29)16-15-26(19-20-42)36(31)39-37-32-13-7-8-14-33(32)41-38(37)34(22-40-39)43-23-25-9-3-2-4-10-25/h2-14,17-18,21-22,24,26,39,42H,15-16,19-20,23H2,1H3. The van der Waals surface area contributed by atoms with E-state index in [0.717, 1.165) is 46.7 Å². The van der Waals surface area contributed by atoms with Crippen LogP contribution in [0, 0.1) is 16.4 Å². The molecule has 0 aromatic heterocycles. The molecule has 0 radical (unpaired) electrons. The van der Waals surface area contributed by atoms with E-state index in [4.69, 9.17) is 14.7 Å². The molecule has 2 aliphatic heterocycles. The van der Waals surface area contributed by atoms with Gasteiger partial charge < -0.3 is 9.84 Å². The maximum atomic E-state index is 10.2. The quantitative estimate of drug-likeness (QED) is 0.381. The summed E-state index contributed by atoms with van der Waals surface area (Å²) < 4.78 is 6.38. The van der Waals surface area contributed by atoms with E-state index in [0.29, 0.717) is 18.3 Å². The molecule has 0 saturated heterocycles. The summed E-state index contributed by atoms with van der Waals surface area (Å²) in [5.74, 6) is 1.28. The van der Waals surface area contributed by atoms with E-state index in [-0.39, 0.29) is 18.6 Å². The molecule has 212 valence electrons. The summed E-state index contributed by atoms with van der Waals surface area (Å²) in [6.07, 6.45) is 7.04. The van der Waals surface area contributed by atoms with Crippen LogP contribution in [0.5, 0.6) is 0 Å². The van der Waals surface area contributed by atoms with Crippen molar-refractivity contribution in [2.45, 2.75) is 44.8 Å². The first-order chi connectivity index (χ1) is 21.2. The summed E-state index contributed by atoms with van der Waals surface area (Å²) in [4.78, 5) is 10.4. The van der Waals surface area contributed by atoms with Crippen LogP contribution >= 0.6 is 0 Å². The molecule has 3 atom stereocenters. The topological polar surface area (TPSA) is 54.2 Å². The lowest BCUT2D eigenvalue weighted by molar-refractivity contribution is 0.216. The van der Waals surface area contributed by atoms with Gasteiger partial charge in [-0.2, -0.15) is 0 Å². The van der Waals surface area contributed by atoms with Crippen molar-refractivity contribution in [2.24, 2.45) is 15.9 Å². The molecule has 4 nitrogen and oxygen atoms in total. The normalized spacial score (nSPS) is 21.2. The Labute approximate surface area is 250 Å². The first kappa shape index (κ1) is 26.1. The highest BCUT2D eigenvalue weighted by molar-refractivity contribution is 5.94. The molecular weight excluding hydrogens is 528 g/mol. The Morgan fingerprint density at radius 3 is 2.47 bits per heavy atom. The Hall–Kier alpha value is -4.54. The molecule has 4 aromatic rings. The van der Waals surface area contributed by atoms with Crippen LogP contribution in [0.15, 0.2) is 112 Å². The second kappa shape index (κ2) is 10.6. The predicted octanol–water partition coefficient (Wildman–Crippen LogP) is 4.33. The number of aliphatic hydroxyl groups is 1. The fraction of sp³-hybridized carbons (Fsp3) is 0.231. The number of rotatable bonds is 6. The van der Waals surface area contributed by atoms with Gasteiger partial charge in [-0.1, -0.05) is 97.9 Å². The first-order valence-corrected chi connectivity index (χ1v) is 15.4. The number of allylic oxidation sites excluding steroid dienone is 1. The van der Waals surface area contributed by atoms with Gasteiger partial charge >= 0.3 is 0 Å². The summed E-state index contributed by atoms with van der Waals surface area (Å²) >= 11 is 0. The smallest absolute Gasteiger partial charge is 0.163 e. The third kappa shape index (κ3) is 4.32. The summed E-state index contributed by atoms with van der Waals surface area (Å²) in [7, 11) is 0. The van der Waals surface area contributed by atoms with E-state index in [1.54, 1.807) is 0 Å². The van der Waals surface area contributed by atoms with Gasteiger partial charge in [-0.05, 0) is 74.4 Å². The molecule has 0 bridgehead atoms. The van der Waals surface area contributed by atoms with Crippen molar-refractivity contribution in [2.75, 3.05) is 6.61 Å². The van der Waals surface area contributed by atoms with Crippen LogP contribution in [0.1, 0.15) is 42.4 Å². The molecule has 4 heteroatoms. The predicted molar refractivity (Wildman–Crippen MR) is 171 cm³/mol. The van der Waals surface area contributed by atoms with Crippen molar-refractivity contribution in [1.29, 1.82) is 0 Å². The minimum absolute atomic E-state index is 0.160. The Bertz CT molecular complexity index is 2180.